The molecule has 0 aliphatic carbocycles. The molecule has 0 heterocycles. The SMILES string of the molecule is COCCNC(=O)C(C)Nc1cc(F)c(C)cc1F. The van der Waals surface area contributed by atoms with Gasteiger partial charge >= 0.3 is 0 Å². The molecule has 0 fully saturated rings. The highest BCUT2D eigenvalue weighted by atomic mass is 19.1. The van der Waals surface area contributed by atoms with Crippen LogP contribution < -0.4 is 10.6 Å². The summed E-state index contributed by atoms with van der Waals surface area (Å²) in [6.07, 6.45) is 0. The molecule has 0 spiro atoms. The minimum Gasteiger partial charge on any atom is -0.383 e. The van der Waals surface area contributed by atoms with E-state index in [0.717, 1.165) is 12.1 Å². The van der Waals surface area contributed by atoms with Crippen molar-refractivity contribution in [1.82, 2.24) is 5.32 Å². The summed E-state index contributed by atoms with van der Waals surface area (Å²) in [5.41, 5.74) is 0.192. The summed E-state index contributed by atoms with van der Waals surface area (Å²) in [6.45, 7) is 3.81. The van der Waals surface area contributed by atoms with Gasteiger partial charge in [0, 0.05) is 19.7 Å². The molecule has 0 aromatic heterocycles. The van der Waals surface area contributed by atoms with Crippen LogP contribution in [0.3, 0.4) is 0 Å². The first-order valence-corrected chi connectivity index (χ1v) is 5.94. The summed E-state index contributed by atoms with van der Waals surface area (Å²) in [4.78, 5) is 11.6. The van der Waals surface area contributed by atoms with E-state index >= 15 is 0 Å². The monoisotopic (exact) mass is 272 g/mol. The van der Waals surface area contributed by atoms with Crippen LogP contribution in [0.4, 0.5) is 14.5 Å². The number of amides is 1. The van der Waals surface area contributed by atoms with Crippen molar-refractivity contribution in [3.63, 3.8) is 0 Å². The minimum absolute atomic E-state index is 0.0301. The smallest absolute Gasteiger partial charge is 0.242 e. The van der Waals surface area contributed by atoms with Crippen LogP contribution in [-0.4, -0.2) is 32.2 Å². The molecule has 19 heavy (non-hydrogen) atoms. The zero-order chi connectivity index (χ0) is 14.4. The van der Waals surface area contributed by atoms with Gasteiger partial charge in [-0.15, -0.1) is 0 Å². The van der Waals surface area contributed by atoms with Crippen molar-refractivity contribution in [2.45, 2.75) is 19.9 Å². The Kier molecular flexibility index (Phi) is 5.69. The Labute approximate surface area is 111 Å². The second-order valence-electron chi connectivity index (χ2n) is 4.23. The largest absolute Gasteiger partial charge is 0.383 e. The summed E-state index contributed by atoms with van der Waals surface area (Å²) in [5, 5.41) is 5.24. The molecule has 1 rings (SSSR count). The van der Waals surface area contributed by atoms with Gasteiger partial charge in [-0.25, -0.2) is 8.78 Å². The van der Waals surface area contributed by atoms with E-state index < -0.39 is 17.7 Å². The normalized spacial score (nSPS) is 12.1. The van der Waals surface area contributed by atoms with Crippen LogP contribution in [0.25, 0.3) is 0 Å². The molecule has 106 valence electrons. The molecule has 1 amide bonds. The van der Waals surface area contributed by atoms with Crippen LogP contribution >= 0.6 is 0 Å². The lowest BCUT2D eigenvalue weighted by Gasteiger charge is -2.16. The van der Waals surface area contributed by atoms with E-state index in [4.69, 9.17) is 4.74 Å². The molecule has 2 N–H and O–H groups in total. The quantitative estimate of drug-likeness (QED) is 0.777. The number of benzene rings is 1. The second-order valence-corrected chi connectivity index (χ2v) is 4.23. The lowest BCUT2D eigenvalue weighted by molar-refractivity contribution is -0.121. The van der Waals surface area contributed by atoms with Crippen LogP contribution in [0, 0.1) is 18.6 Å². The number of carbonyl (C=O) groups is 1. The number of aryl methyl sites for hydroxylation is 1. The Morgan fingerprint density at radius 2 is 2.05 bits per heavy atom. The summed E-state index contributed by atoms with van der Waals surface area (Å²) < 4.78 is 31.7. The van der Waals surface area contributed by atoms with Gasteiger partial charge in [0.1, 0.15) is 17.7 Å². The Balaban J connectivity index is 2.63. The number of rotatable bonds is 6. The minimum atomic E-state index is -0.673. The van der Waals surface area contributed by atoms with Crippen molar-refractivity contribution in [1.29, 1.82) is 0 Å². The van der Waals surface area contributed by atoms with E-state index in [1.807, 2.05) is 0 Å². The van der Waals surface area contributed by atoms with Crippen molar-refractivity contribution in [2.75, 3.05) is 25.6 Å². The summed E-state index contributed by atoms with van der Waals surface area (Å²) in [6, 6.07) is 1.46. The molecular formula is C13H18F2N2O2. The third kappa shape index (κ3) is 4.48. The van der Waals surface area contributed by atoms with E-state index in [2.05, 4.69) is 10.6 Å². The van der Waals surface area contributed by atoms with Crippen molar-refractivity contribution >= 4 is 11.6 Å². The second kappa shape index (κ2) is 7.04. The van der Waals surface area contributed by atoms with E-state index in [9.17, 15) is 13.6 Å². The maximum atomic E-state index is 13.6. The average molecular weight is 272 g/mol. The van der Waals surface area contributed by atoms with Gasteiger partial charge < -0.3 is 15.4 Å². The van der Waals surface area contributed by atoms with Gasteiger partial charge in [-0.3, -0.25) is 4.79 Å². The van der Waals surface area contributed by atoms with E-state index in [1.165, 1.54) is 14.0 Å². The number of ether oxygens (including phenoxy) is 1. The number of hydrogen-bond acceptors (Lipinski definition) is 3. The summed E-state index contributed by atoms with van der Waals surface area (Å²) >= 11 is 0. The van der Waals surface area contributed by atoms with Crippen LogP contribution in [0.2, 0.25) is 0 Å². The van der Waals surface area contributed by atoms with E-state index in [0.29, 0.717) is 13.2 Å². The number of methoxy groups -OCH3 is 1. The molecule has 0 bridgehead atoms. The van der Waals surface area contributed by atoms with Gasteiger partial charge in [-0.2, -0.15) is 0 Å². The number of anilines is 1. The fourth-order valence-corrected chi connectivity index (χ4v) is 1.49. The van der Waals surface area contributed by atoms with Crippen LogP contribution in [0.1, 0.15) is 12.5 Å². The zero-order valence-corrected chi connectivity index (χ0v) is 11.2. The Morgan fingerprint density at radius 3 is 2.68 bits per heavy atom. The molecule has 6 heteroatoms. The fourth-order valence-electron chi connectivity index (χ4n) is 1.49. The molecule has 1 unspecified atom stereocenters. The third-order valence-corrected chi connectivity index (χ3v) is 2.62. The molecule has 0 aliphatic heterocycles. The van der Waals surface area contributed by atoms with Gasteiger partial charge in [0.25, 0.3) is 0 Å². The molecule has 1 aromatic carbocycles. The van der Waals surface area contributed by atoms with Gasteiger partial charge in [0.2, 0.25) is 5.91 Å². The Bertz CT molecular complexity index is 453. The first-order valence-electron chi connectivity index (χ1n) is 5.94. The van der Waals surface area contributed by atoms with Crippen molar-refractivity contribution in [3.05, 3.63) is 29.3 Å². The maximum absolute atomic E-state index is 13.6. The highest BCUT2D eigenvalue weighted by molar-refractivity contribution is 5.84. The number of hydrogen-bond donors (Lipinski definition) is 2. The molecule has 1 atom stereocenters. The summed E-state index contributed by atoms with van der Waals surface area (Å²) in [5.74, 6) is -1.41. The first-order chi connectivity index (χ1) is 8.95. The zero-order valence-electron chi connectivity index (χ0n) is 11.2. The van der Waals surface area contributed by atoms with Gasteiger partial charge in [-0.05, 0) is 25.5 Å². The third-order valence-electron chi connectivity index (χ3n) is 2.62. The van der Waals surface area contributed by atoms with Gasteiger partial charge in [0.15, 0.2) is 0 Å². The highest BCUT2D eigenvalue weighted by Crippen LogP contribution is 2.19. The van der Waals surface area contributed by atoms with Crippen LogP contribution in [0.5, 0.6) is 0 Å². The van der Waals surface area contributed by atoms with Crippen LogP contribution in [0.15, 0.2) is 12.1 Å². The summed E-state index contributed by atoms with van der Waals surface area (Å²) in [7, 11) is 1.53. The topological polar surface area (TPSA) is 50.4 Å². The lowest BCUT2D eigenvalue weighted by atomic mass is 10.2. The molecular weight excluding hydrogens is 254 g/mol. The number of halogens is 2. The molecule has 0 saturated carbocycles. The standard InChI is InChI=1S/C13H18F2N2O2/c1-8-6-11(15)12(7-10(8)14)17-9(2)13(18)16-4-5-19-3/h6-7,9,17H,4-5H2,1-3H3,(H,16,18). The first kappa shape index (κ1) is 15.4. The predicted octanol–water partition coefficient (Wildman–Crippen LogP) is 1.84. The van der Waals surface area contributed by atoms with Gasteiger partial charge in [0.05, 0.1) is 12.3 Å². The predicted molar refractivity (Wildman–Crippen MR) is 69.1 cm³/mol. The highest BCUT2D eigenvalue weighted by Gasteiger charge is 2.15. The Morgan fingerprint density at radius 1 is 1.37 bits per heavy atom. The van der Waals surface area contributed by atoms with Crippen molar-refractivity contribution in [3.8, 4) is 0 Å². The van der Waals surface area contributed by atoms with Crippen molar-refractivity contribution in [2.24, 2.45) is 0 Å². The fraction of sp³-hybridized carbons (Fsp3) is 0.462. The molecule has 1 aromatic rings. The molecule has 0 saturated heterocycles. The van der Waals surface area contributed by atoms with Crippen molar-refractivity contribution < 1.29 is 18.3 Å². The van der Waals surface area contributed by atoms with Crippen LogP contribution in [-0.2, 0) is 9.53 Å². The number of carbonyl (C=O) groups excluding carboxylic acids is 1. The van der Waals surface area contributed by atoms with E-state index in [-0.39, 0.29) is 17.2 Å². The Hall–Kier alpha value is -1.69. The molecule has 0 aliphatic rings. The molecule has 4 nitrogen and oxygen atoms in total. The van der Waals surface area contributed by atoms with E-state index in [1.54, 1.807) is 6.92 Å². The molecule has 0 radical (unpaired) electrons. The van der Waals surface area contributed by atoms with Gasteiger partial charge in [-0.1, -0.05) is 0 Å². The number of nitrogens with one attached hydrogen (secondary N) is 2. The maximum Gasteiger partial charge on any atom is 0.242 e. The average Bonchev–Trinajstić information content (AvgIpc) is 2.36. The lowest BCUT2D eigenvalue weighted by Crippen LogP contribution is -2.39.